The second-order valence-corrected chi connectivity index (χ2v) is 4.28. The van der Waals surface area contributed by atoms with Gasteiger partial charge in [0.15, 0.2) is 5.76 Å². The van der Waals surface area contributed by atoms with Crippen LogP contribution >= 0.6 is 15.9 Å². The lowest BCUT2D eigenvalue weighted by molar-refractivity contribution is 0.0697. The zero-order valence-corrected chi connectivity index (χ0v) is 10.3. The molecule has 88 valence electrons. The molecule has 0 spiro atoms. The Labute approximate surface area is 106 Å². The first-order valence-electron chi connectivity index (χ1n) is 4.82. The average molecular weight is 297 g/mol. The second kappa shape index (κ2) is 5.01. The summed E-state index contributed by atoms with van der Waals surface area (Å²) in [6.07, 6.45) is 1.56. The molecule has 0 bridgehead atoms. The van der Waals surface area contributed by atoms with Crippen molar-refractivity contribution in [3.05, 3.63) is 46.3 Å². The number of carboxylic acids is 1. The standard InChI is InChI=1S/C11H9BrN2O3/c12-8-3-7(11(15)16)4-9(5-8)13-6-10-1-2-14-17-10/h1-5,13H,6H2,(H,15,16). The summed E-state index contributed by atoms with van der Waals surface area (Å²) in [6.45, 7) is 0.454. The zero-order valence-electron chi connectivity index (χ0n) is 8.68. The highest BCUT2D eigenvalue weighted by atomic mass is 79.9. The molecule has 0 aliphatic carbocycles. The van der Waals surface area contributed by atoms with Gasteiger partial charge >= 0.3 is 5.97 Å². The van der Waals surface area contributed by atoms with Gasteiger partial charge in [-0.15, -0.1) is 0 Å². The number of rotatable bonds is 4. The second-order valence-electron chi connectivity index (χ2n) is 3.37. The van der Waals surface area contributed by atoms with E-state index in [1.54, 1.807) is 30.5 Å². The highest BCUT2D eigenvalue weighted by Gasteiger charge is 2.06. The molecule has 0 aliphatic rings. The SMILES string of the molecule is O=C(O)c1cc(Br)cc(NCc2ccno2)c1. The molecule has 1 aromatic carbocycles. The van der Waals surface area contributed by atoms with Crippen LogP contribution < -0.4 is 5.32 Å². The molecule has 1 heterocycles. The van der Waals surface area contributed by atoms with Crippen LogP contribution in [0.2, 0.25) is 0 Å². The normalized spacial score (nSPS) is 10.2. The molecule has 0 amide bonds. The molecule has 0 fully saturated rings. The highest BCUT2D eigenvalue weighted by Crippen LogP contribution is 2.20. The maximum atomic E-state index is 10.9. The number of carbonyl (C=O) groups is 1. The molecule has 5 nitrogen and oxygen atoms in total. The van der Waals surface area contributed by atoms with E-state index in [2.05, 4.69) is 26.4 Å². The number of hydrogen-bond donors (Lipinski definition) is 2. The van der Waals surface area contributed by atoms with Crippen molar-refractivity contribution in [2.75, 3.05) is 5.32 Å². The van der Waals surface area contributed by atoms with Crippen molar-refractivity contribution in [3.63, 3.8) is 0 Å². The number of aromatic nitrogens is 1. The summed E-state index contributed by atoms with van der Waals surface area (Å²) >= 11 is 3.26. The number of halogens is 1. The average Bonchev–Trinajstić information content (AvgIpc) is 2.78. The molecule has 0 unspecified atom stereocenters. The van der Waals surface area contributed by atoms with E-state index in [-0.39, 0.29) is 5.56 Å². The smallest absolute Gasteiger partial charge is 0.335 e. The maximum absolute atomic E-state index is 10.9. The Kier molecular flexibility index (Phi) is 3.43. The summed E-state index contributed by atoms with van der Waals surface area (Å²) in [6, 6.07) is 6.64. The highest BCUT2D eigenvalue weighted by molar-refractivity contribution is 9.10. The van der Waals surface area contributed by atoms with E-state index < -0.39 is 5.97 Å². The van der Waals surface area contributed by atoms with Gasteiger partial charge in [0.25, 0.3) is 0 Å². The van der Waals surface area contributed by atoms with Crippen LogP contribution in [0.3, 0.4) is 0 Å². The largest absolute Gasteiger partial charge is 0.478 e. The minimum atomic E-state index is -0.964. The summed E-state index contributed by atoms with van der Waals surface area (Å²) in [5.74, 6) is -0.282. The molecular weight excluding hydrogens is 288 g/mol. The van der Waals surface area contributed by atoms with Crippen LogP contribution in [0.4, 0.5) is 5.69 Å². The van der Waals surface area contributed by atoms with Gasteiger partial charge in [-0.3, -0.25) is 0 Å². The summed E-state index contributed by atoms with van der Waals surface area (Å²) < 4.78 is 5.63. The predicted molar refractivity (Wildman–Crippen MR) is 64.9 cm³/mol. The number of hydrogen-bond acceptors (Lipinski definition) is 4. The van der Waals surface area contributed by atoms with Gasteiger partial charge in [-0.25, -0.2) is 4.79 Å². The summed E-state index contributed by atoms with van der Waals surface area (Å²) in [4.78, 5) is 10.9. The molecule has 2 rings (SSSR count). The molecule has 1 aromatic heterocycles. The molecule has 2 aromatic rings. The fourth-order valence-corrected chi connectivity index (χ4v) is 1.83. The molecule has 17 heavy (non-hydrogen) atoms. The van der Waals surface area contributed by atoms with Gasteiger partial charge in [0, 0.05) is 16.2 Å². The van der Waals surface area contributed by atoms with Gasteiger partial charge in [-0.1, -0.05) is 21.1 Å². The van der Waals surface area contributed by atoms with E-state index in [0.717, 1.165) is 0 Å². The lowest BCUT2D eigenvalue weighted by Gasteiger charge is -2.06. The van der Waals surface area contributed by atoms with Gasteiger partial charge in [0.2, 0.25) is 0 Å². The Hall–Kier alpha value is -1.82. The van der Waals surface area contributed by atoms with Crippen molar-refractivity contribution in [1.82, 2.24) is 5.16 Å². The van der Waals surface area contributed by atoms with Gasteiger partial charge in [-0.2, -0.15) is 0 Å². The van der Waals surface area contributed by atoms with Gasteiger partial charge < -0.3 is 14.9 Å². The molecule has 2 N–H and O–H groups in total. The maximum Gasteiger partial charge on any atom is 0.335 e. The molecule has 6 heteroatoms. The monoisotopic (exact) mass is 296 g/mol. The Bertz CT molecular complexity index is 526. The van der Waals surface area contributed by atoms with Crippen LogP contribution in [0, 0.1) is 0 Å². The van der Waals surface area contributed by atoms with E-state index in [1.165, 1.54) is 0 Å². The van der Waals surface area contributed by atoms with E-state index in [9.17, 15) is 4.79 Å². The Morgan fingerprint density at radius 3 is 2.94 bits per heavy atom. The van der Waals surface area contributed by atoms with Crippen LogP contribution in [-0.4, -0.2) is 16.2 Å². The quantitative estimate of drug-likeness (QED) is 0.907. The third-order valence-corrected chi connectivity index (χ3v) is 2.56. The first kappa shape index (κ1) is 11.7. The molecule has 0 aliphatic heterocycles. The number of nitrogens with one attached hydrogen (secondary N) is 1. The lowest BCUT2D eigenvalue weighted by Crippen LogP contribution is -2.01. The van der Waals surface area contributed by atoms with Gasteiger partial charge in [-0.05, 0) is 18.2 Å². The van der Waals surface area contributed by atoms with Crippen LogP contribution in [0.25, 0.3) is 0 Å². The fraction of sp³-hybridized carbons (Fsp3) is 0.0909. The third-order valence-electron chi connectivity index (χ3n) is 2.10. The number of nitrogens with zero attached hydrogens (tertiary/aromatic N) is 1. The first-order chi connectivity index (χ1) is 8.15. The van der Waals surface area contributed by atoms with Crippen LogP contribution in [0.1, 0.15) is 16.1 Å². The van der Waals surface area contributed by atoms with Crippen molar-refractivity contribution in [3.8, 4) is 0 Å². The molecule has 0 saturated heterocycles. The van der Waals surface area contributed by atoms with Gasteiger partial charge in [0.1, 0.15) is 0 Å². The van der Waals surface area contributed by atoms with Crippen molar-refractivity contribution >= 4 is 27.6 Å². The van der Waals surface area contributed by atoms with Crippen molar-refractivity contribution in [1.29, 1.82) is 0 Å². The first-order valence-corrected chi connectivity index (χ1v) is 5.62. The zero-order chi connectivity index (χ0) is 12.3. The predicted octanol–water partition coefficient (Wildman–Crippen LogP) is 2.75. The number of aromatic carboxylic acids is 1. The molecule has 0 atom stereocenters. The number of carboxylic acid groups (broad SMARTS) is 1. The van der Waals surface area contributed by atoms with E-state index >= 15 is 0 Å². The van der Waals surface area contributed by atoms with Crippen LogP contribution in [0.5, 0.6) is 0 Å². The van der Waals surface area contributed by atoms with Crippen molar-refractivity contribution in [2.45, 2.75) is 6.54 Å². The molecule has 0 radical (unpaired) electrons. The summed E-state index contributed by atoms with van der Waals surface area (Å²) in [5.41, 5.74) is 0.924. The molecule has 0 saturated carbocycles. The van der Waals surface area contributed by atoms with E-state index in [0.29, 0.717) is 22.5 Å². The Morgan fingerprint density at radius 1 is 1.47 bits per heavy atom. The van der Waals surface area contributed by atoms with Crippen molar-refractivity contribution in [2.24, 2.45) is 0 Å². The van der Waals surface area contributed by atoms with E-state index in [4.69, 9.17) is 9.63 Å². The Morgan fingerprint density at radius 2 is 2.29 bits per heavy atom. The minimum absolute atomic E-state index is 0.222. The third kappa shape index (κ3) is 3.07. The number of benzene rings is 1. The Balaban J connectivity index is 2.13. The lowest BCUT2D eigenvalue weighted by atomic mass is 10.2. The van der Waals surface area contributed by atoms with E-state index in [1.807, 2.05) is 0 Å². The van der Waals surface area contributed by atoms with Gasteiger partial charge in [0.05, 0.1) is 18.3 Å². The number of anilines is 1. The van der Waals surface area contributed by atoms with Crippen LogP contribution in [-0.2, 0) is 6.54 Å². The topological polar surface area (TPSA) is 75.4 Å². The van der Waals surface area contributed by atoms with Crippen LogP contribution in [0.15, 0.2) is 39.5 Å². The minimum Gasteiger partial charge on any atom is -0.478 e. The summed E-state index contributed by atoms with van der Waals surface area (Å²) in [7, 11) is 0. The fourth-order valence-electron chi connectivity index (χ4n) is 1.34. The molecular formula is C11H9BrN2O3. The summed E-state index contributed by atoms with van der Waals surface area (Å²) in [5, 5.41) is 15.5. The van der Waals surface area contributed by atoms with Crippen molar-refractivity contribution < 1.29 is 14.4 Å².